The SMILES string of the molecule is COc1ccc(-c2nc(C3C=CCCC3)c(Cl)nc2Cl)cc1. The summed E-state index contributed by atoms with van der Waals surface area (Å²) >= 11 is 12.5. The van der Waals surface area contributed by atoms with E-state index in [1.54, 1.807) is 7.11 Å². The van der Waals surface area contributed by atoms with Crippen molar-refractivity contribution in [3.8, 4) is 17.0 Å². The Balaban J connectivity index is 2.03. The van der Waals surface area contributed by atoms with E-state index in [9.17, 15) is 0 Å². The van der Waals surface area contributed by atoms with Crippen LogP contribution in [-0.4, -0.2) is 17.1 Å². The van der Waals surface area contributed by atoms with Crippen LogP contribution in [0.5, 0.6) is 5.75 Å². The fourth-order valence-corrected chi connectivity index (χ4v) is 3.16. The van der Waals surface area contributed by atoms with Crippen molar-refractivity contribution in [3.05, 3.63) is 52.4 Å². The smallest absolute Gasteiger partial charge is 0.157 e. The molecule has 1 aliphatic carbocycles. The average Bonchev–Trinajstić information content (AvgIpc) is 2.56. The van der Waals surface area contributed by atoms with Gasteiger partial charge in [-0.2, -0.15) is 0 Å². The molecule has 2 aromatic rings. The molecule has 1 aliphatic rings. The van der Waals surface area contributed by atoms with Crippen LogP contribution < -0.4 is 4.74 Å². The molecule has 22 heavy (non-hydrogen) atoms. The summed E-state index contributed by atoms with van der Waals surface area (Å²) in [5, 5.41) is 0.706. The van der Waals surface area contributed by atoms with Crippen molar-refractivity contribution >= 4 is 23.2 Å². The number of nitrogens with zero attached hydrogens (tertiary/aromatic N) is 2. The first-order valence-corrected chi connectivity index (χ1v) is 7.98. The zero-order valence-corrected chi connectivity index (χ0v) is 13.7. The summed E-state index contributed by atoms with van der Waals surface area (Å²) in [6.45, 7) is 0. The average molecular weight is 335 g/mol. The Hall–Kier alpha value is -1.58. The quantitative estimate of drug-likeness (QED) is 0.716. The summed E-state index contributed by atoms with van der Waals surface area (Å²) in [4.78, 5) is 8.97. The highest BCUT2D eigenvalue weighted by Crippen LogP contribution is 2.34. The molecule has 5 heteroatoms. The van der Waals surface area contributed by atoms with Crippen LogP contribution in [0.25, 0.3) is 11.3 Å². The van der Waals surface area contributed by atoms with Crippen LogP contribution >= 0.6 is 23.2 Å². The van der Waals surface area contributed by atoms with Crippen molar-refractivity contribution in [3.63, 3.8) is 0 Å². The van der Waals surface area contributed by atoms with Crippen LogP contribution in [0.4, 0.5) is 0 Å². The van der Waals surface area contributed by atoms with Gasteiger partial charge in [-0.15, -0.1) is 0 Å². The molecule has 3 nitrogen and oxygen atoms in total. The summed E-state index contributed by atoms with van der Waals surface area (Å²) < 4.78 is 5.17. The van der Waals surface area contributed by atoms with Crippen LogP contribution in [0.1, 0.15) is 30.9 Å². The Bertz CT molecular complexity index is 699. The molecule has 114 valence electrons. The van der Waals surface area contributed by atoms with Gasteiger partial charge in [0, 0.05) is 11.5 Å². The normalized spacial score (nSPS) is 17.5. The Morgan fingerprint density at radius 3 is 2.50 bits per heavy atom. The third-order valence-electron chi connectivity index (χ3n) is 3.80. The van der Waals surface area contributed by atoms with E-state index < -0.39 is 0 Å². The van der Waals surface area contributed by atoms with Crippen molar-refractivity contribution in [2.45, 2.75) is 25.2 Å². The molecule has 0 fully saturated rings. The van der Waals surface area contributed by atoms with Gasteiger partial charge in [-0.05, 0) is 43.5 Å². The number of rotatable bonds is 3. The fraction of sp³-hybridized carbons (Fsp3) is 0.294. The van der Waals surface area contributed by atoms with E-state index in [1.807, 2.05) is 24.3 Å². The lowest BCUT2D eigenvalue weighted by Gasteiger charge is -2.18. The molecule has 0 saturated carbocycles. The van der Waals surface area contributed by atoms with Gasteiger partial charge in [0.15, 0.2) is 10.3 Å². The number of ether oxygens (including phenoxy) is 1. The van der Waals surface area contributed by atoms with Gasteiger partial charge in [-0.3, -0.25) is 0 Å². The van der Waals surface area contributed by atoms with E-state index in [1.165, 1.54) is 0 Å². The van der Waals surface area contributed by atoms with Crippen LogP contribution in [-0.2, 0) is 0 Å². The Kier molecular flexibility index (Phi) is 4.65. The molecular formula is C17H16Cl2N2O. The first kappa shape index (κ1) is 15.3. The number of halogens is 2. The van der Waals surface area contributed by atoms with Crippen LogP contribution in [0.15, 0.2) is 36.4 Å². The maximum Gasteiger partial charge on any atom is 0.157 e. The summed E-state index contributed by atoms with van der Waals surface area (Å²) in [5.41, 5.74) is 2.35. The maximum absolute atomic E-state index is 6.26. The molecule has 0 bridgehead atoms. The molecule has 1 heterocycles. The number of methoxy groups -OCH3 is 1. The molecule has 0 saturated heterocycles. The van der Waals surface area contributed by atoms with Crippen LogP contribution in [0.3, 0.4) is 0 Å². The van der Waals surface area contributed by atoms with E-state index in [4.69, 9.17) is 32.9 Å². The molecule has 3 rings (SSSR count). The van der Waals surface area contributed by atoms with E-state index in [2.05, 4.69) is 17.1 Å². The van der Waals surface area contributed by atoms with Gasteiger partial charge in [-0.1, -0.05) is 35.4 Å². The highest BCUT2D eigenvalue weighted by Gasteiger charge is 2.20. The summed E-state index contributed by atoms with van der Waals surface area (Å²) in [6.07, 6.45) is 7.62. The van der Waals surface area contributed by atoms with Crippen LogP contribution in [0.2, 0.25) is 10.3 Å². The van der Waals surface area contributed by atoms with Gasteiger partial charge in [0.05, 0.1) is 12.8 Å². The minimum absolute atomic E-state index is 0.211. The minimum atomic E-state index is 0.211. The number of aromatic nitrogens is 2. The van der Waals surface area contributed by atoms with Gasteiger partial charge in [0.25, 0.3) is 0 Å². The lowest BCUT2D eigenvalue weighted by molar-refractivity contribution is 0.415. The molecule has 1 unspecified atom stereocenters. The molecule has 0 radical (unpaired) electrons. The first-order valence-electron chi connectivity index (χ1n) is 7.23. The third-order valence-corrected chi connectivity index (χ3v) is 4.35. The molecule has 1 aromatic carbocycles. The summed E-state index contributed by atoms with van der Waals surface area (Å²) in [6, 6.07) is 7.59. The predicted octanol–water partition coefficient (Wildman–Crippen LogP) is 5.28. The second-order valence-corrected chi connectivity index (χ2v) is 5.95. The van der Waals surface area contributed by atoms with Gasteiger partial charge in [0.2, 0.25) is 0 Å². The van der Waals surface area contributed by atoms with E-state index >= 15 is 0 Å². The highest BCUT2D eigenvalue weighted by atomic mass is 35.5. The summed E-state index contributed by atoms with van der Waals surface area (Å²) in [5.74, 6) is 1.00. The van der Waals surface area contributed by atoms with Gasteiger partial charge >= 0.3 is 0 Å². The second kappa shape index (κ2) is 6.67. The number of hydrogen-bond acceptors (Lipinski definition) is 3. The van der Waals surface area contributed by atoms with Gasteiger partial charge in [0.1, 0.15) is 11.4 Å². The van der Waals surface area contributed by atoms with Crippen molar-refractivity contribution in [1.82, 2.24) is 9.97 Å². The zero-order valence-electron chi connectivity index (χ0n) is 12.2. The van der Waals surface area contributed by atoms with E-state index in [0.717, 1.165) is 36.3 Å². The number of allylic oxidation sites excluding steroid dienone is 2. The monoisotopic (exact) mass is 334 g/mol. The van der Waals surface area contributed by atoms with Crippen molar-refractivity contribution in [2.75, 3.05) is 7.11 Å². The zero-order chi connectivity index (χ0) is 15.5. The Labute approximate surface area is 140 Å². The van der Waals surface area contributed by atoms with Gasteiger partial charge < -0.3 is 4.74 Å². The standard InChI is InChI=1S/C17H16Cl2N2O/c1-22-13-9-7-12(8-10-13)15-17(19)21-16(18)14(20-15)11-5-3-2-4-6-11/h3,5,7-11H,2,4,6H2,1H3. The van der Waals surface area contributed by atoms with E-state index in [0.29, 0.717) is 16.0 Å². The maximum atomic E-state index is 6.26. The Morgan fingerprint density at radius 1 is 1.09 bits per heavy atom. The third kappa shape index (κ3) is 3.11. The molecule has 1 atom stereocenters. The Morgan fingerprint density at radius 2 is 1.86 bits per heavy atom. The predicted molar refractivity (Wildman–Crippen MR) is 89.8 cm³/mol. The topological polar surface area (TPSA) is 35.0 Å². The fourth-order valence-electron chi connectivity index (χ4n) is 2.62. The highest BCUT2D eigenvalue weighted by molar-refractivity contribution is 6.34. The molecule has 0 aliphatic heterocycles. The molecule has 1 aromatic heterocycles. The second-order valence-electron chi connectivity index (χ2n) is 5.23. The molecule has 0 spiro atoms. The van der Waals surface area contributed by atoms with Gasteiger partial charge in [-0.25, -0.2) is 9.97 Å². The lowest BCUT2D eigenvalue weighted by atomic mass is 9.93. The van der Waals surface area contributed by atoms with Crippen molar-refractivity contribution in [1.29, 1.82) is 0 Å². The van der Waals surface area contributed by atoms with E-state index in [-0.39, 0.29) is 5.92 Å². The minimum Gasteiger partial charge on any atom is -0.497 e. The van der Waals surface area contributed by atoms with Crippen molar-refractivity contribution in [2.24, 2.45) is 0 Å². The summed E-state index contributed by atoms with van der Waals surface area (Å²) in [7, 11) is 1.64. The molecule has 0 amide bonds. The largest absolute Gasteiger partial charge is 0.497 e. The molecular weight excluding hydrogens is 319 g/mol. The van der Waals surface area contributed by atoms with Crippen molar-refractivity contribution < 1.29 is 4.74 Å². The first-order chi connectivity index (χ1) is 10.7. The van der Waals surface area contributed by atoms with Crippen LogP contribution in [0, 0.1) is 0 Å². The number of hydrogen-bond donors (Lipinski definition) is 0. The number of benzene rings is 1. The lowest BCUT2D eigenvalue weighted by Crippen LogP contribution is -2.06. The molecule has 0 N–H and O–H groups in total.